The highest BCUT2D eigenvalue weighted by molar-refractivity contribution is 9.10. The van der Waals surface area contributed by atoms with E-state index >= 15 is 0 Å². The van der Waals surface area contributed by atoms with Crippen LogP contribution in [0.25, 0.3) is 0 Å². The van der Waals surface area contributed by atoms with E-state index in [0.717, 1.165) is 15.7 Å². The summed E-state index contributed by atoms with van der Waals surface area (Å²) < 4.78 is 16.1. The molecule has 17 heavy (non-hydrogen) atoms. The van der Waals surface area contributed by atoms with Gasteiger partial charge in [0, 0.05) is 28.3 Å². The molecule has 0 radical (unpaired) electrons. The highest BCUT2D eigenvalue weighted by Gasteiger charge is 2.07. The van der Waals surface area contributed by atoms with Gasteiger partial charge in [0.25, 0.3) is 0 Å². The first-order valence-electron chi connectivity index (χ1n) is 5.27. The zero-order valence-corrected chi connectivity index (χ0v) is 11.0. The van der Waals surface area contributed by atoms with Crippen molar-refractivity contribution in [2.75, 3.05) is 0 Å². The Kier molecular flexibility index (Phi) is 3.59. The van der Waals surface area contributed by atoms with E-state index in [0.29, 0.717) is 18.7 Å². The van der Waals surface area contributed by atoms with Crippen LogP contribution in [0, 0.1) is 12.7 Å². The Balaban J connectivity index is 2.27. The number of aromatic nitrogens is 2. The molecule has 0 amide bonds. The molecule has 90 valence electrons. The zero-order valence-electron chi connectivity index (χ0n) is 9.45. The number of rotatable bonds is 3. The minimum atomic E-state index is -0.226. The molecule has 5 heteroatoms. The molecule has 0 fully saturated rings. The Hall–Kier alpha value is -1.20. The van der Waals surface area contributed by atoms with Gasteiger partial charge in [-0.3, -0.25) is 4.68 Å². The SMILES string of the molecule is Cc1nn(Cc2cc(Br)ccc2F)cc1CN. The second kappa shape index (κ2) is 4.98. The van der Waals surface area contributed by atoms with E-state index in [-0.39, 0.29) is 5.82 Å². The van der Waals surface area contributed by atoms with Crippen molar-refractivity contribution >= 4 is 15.9 Å². The van der Waals surface area contributed by atoms with Crippen molar-refractivity contribution in [2.45, 2.75) is 20.0 Å². The quantitative estimate of drug-likeness (QED) is 0.946. The van der Waals surface area contributed by atoms with Crippen molar-refractivity contribution in [1.82, 2.24) is 9.78 Å². The van der Waals surface area contributed by atoms with Crippen molar-refractivity contribution in [1.29, 1.82) is 0 Å². The molecule has 2 aromatic rings. The average Bonchev–Trinajstić information content (AvgIpc) is 2.64. The molecular weight excluding hydrogens is 285 g/mol. The van der Waals surface area contributed by atoms with Gasteiger partial charge in [-0.05, 0) is 25.1 Å². The maximum absolute atomic E-state index is 13.6. The van der Waals surface area contributed by atoms with Gasteiger partial charge in [-0.15, -0.1) is 0 Å². The Labute approximate surface area is 108 Å². The predicted octanol–water partition coefficient (Wildman–Crippen LogP) is 2.60. The zero-order chi connectivity index (χ0) is 12.4. The maximum atomic E-state index is 13.6. The fraction of sp³-hybridized carbons (Fsp3) is 0.250. The number of hydrogen-bond acceptors (Lipinski definition) is 2. The molecule has 0 atom stereocenters. The number of aryl methyl sites for hydroxylation is 1. The molecule has 0 aliphatic heterocycles. The lowest BCUT2D eigenvalue weighted by Gasteiger charge is -2.04. The molecular formula is C12H13BrFN3. The molecule has 0 aliphatic carbocycles. The van der Waals surface area contributed by atoms with E-state index in [1.165, 1.54) is 6.07 Å². The van der Waals surface area contributed by atoms with Crippen LogP contribution in [0.3, 0.4) is 0 Å². The third kappa shape index (κ3) is 2.73. The second-order valence-corrected chi connectivity index (χ2v) is 4.79. The molecule has 1 heterocycles. The van der Waals surface area contributed by atoms with Crippen molar-refractivity contribution in [3.8, 4) is 0 Å². The monoisotopic (exact) mass is 297 g/mol. The van der Waals surface area contributed by atoms with Gasteiger partial charge >= 0.3 is 0 Å². The molecule has 0 unspecified atom stereocenters. The summed E-state index contributed by atoms with van der Waals surface area (Å²) >= 11 is 3.33. The van der Waals surface area contributed by atoms with Crippen molar-refractivity contribution < 1.29 is 4.39 Å². The van der Waals surface area contributed by atoms with Gasteiger partial charge < -0.3 is 5.73 Å². The van der Waals surface area contributed by atoms with E-state index in [4.69, 9.17) is 5.73 Å². The summed E-state index contributed by atoms with van der Waals surface area (Å²) in [5.74, 6) is -0.226. The second-order valence-electron chi connectivity index (χ2n) is 3.88. The van der Waals surface area contributed by atoms with Crippen LogP contribution >= 0.6 is 15.9 Å². The van der Waals surface area contributed by atoms with Crippen LogP contribution in [0.1, 0.15) is 16.8 Å². The topological polar surface area (TPSA) is 43.8 Å². The first-order chi connectivity index (χ1) is 8.10. The summed E-state index contributed by atoms with van der Waals surface area (Å²) in [5, 5.41) is 4.30. The summed E-state index contributed by atoms with van der Waals surface area (Å²) in [5.41, 5.74) is 8.06. The van der Waals surface area contributed by atoms with Gasteiger partial charge in [0.2, 0.25) is 0 Å². The minimum absolute atomic E-state index is 0.226. The smallest absolute Gasteiger partial charge is 0.128 e. The molecule has 0 saturated heterocycles. The fourth-order valence-electron chi connectivity index (χ4n) is 1.68. The molecule has 2 rings (SSSR count). The van der Waals surface area contributed by atoms with E-state index in [2.05, 4.69) is 21.0 Å². The van der Waals surface area contributed by atoms with Crippen LogP contribution < -0.4 is 5.73 Å². The average molecular weight is 298 g/mol. The minimum Gasteiger partial charge on any atom is -0.326 e. The van der Waals surface area contributed by atoms with Gasteiger partial charge in [-0.1, -0.05) is 15.9 Å². The standard InChI is InChI=1S/C12H13BrFN3/c1-8-10(5-15)7-17(16-8)6-9-4-11(13)2-3-12(9)14/h2-4,7H,5-6,15H2,1H3. The van der Waals surface area contributed by atoms with Crippen LogP contribution in [0.15, 0.2) is 28.9 Å². The first-order valence-corrected chi connectivity index (χ1v) is 6.06. The normalized spacial score (nSPS) is 10.8. The highest BCUT2D eigenvalue weighted by atomic mass is 79.9. The maximum Gasteiger partial charge on any atom is 0.128 e. The third-order valence-electron chi connectivity index (χ3n) is 2.61. The molecule has 0 aliphatic rings. The van der Waals surface area contributed by atoms with Crippen LogP contribution in [0.5, 0.6) is 0 Å². The van der Waals surface area contributed by atoms with Gasteiger partial charge in [0.15, 0.2) is 0 Å². The largest absolute Gasteiger partial charge is 0.326 e. The lowest BCUT2D eigenvalue weighted by molar-refractivity contribution is 0.583. The Bertz CT molecular complexity index is 537. The van der Waals surface area contributed by atoms with Crippen LogP contribution in [-0.4, -0.2) is 9.78 Å². The molecule has 0 spiro atoms. The van der Waals surface area contributed by atoms with Crippen LogP contribution in [0.4, 0.5) is 4.39 Å². The first kappa shape index (κ1) is 12.3. The Morgan fingerprint density at radius 1 is 1.41 bits per heavy atom. The molecule has 3 nitrogen and oxygen atoms in total. The van der Waals surface area contributed by atoms with E-state index in [1.54, 1.807) is 16.8 Å². The van der Waals surface area contributed by atoms with Crippen molar-refractivity contribution in [3.63, 3.8) is 0 Å². The summed E-state index contributed by atoms with van der Waals surface area (Å²) in [6.07, 6.45) is 1.86. The van der Waals surface area contributed by atoms with E-state index in [9.17, 15) is 4.39 Å². The van der Waals surface area contributed by atoms with Crippen LogP contribution in [0.2, 0.25) is 0 Å². The lowest BCUT2D eigenvalue weighted by atomic mass is 10.2. The highest BCUT2D eigenvalue weighted by Crippen LogP contribution is 2.17. The molecule has 0 bridgehead atoms. The van der Waals surface area contributed by atoms with Gasteiger partial charge in [-0.2, -0.15) is 5.10 Å². The number of nitrogens with two attached hydrogens (primary N) is 1. The number of benzene rings is 1. The molecule has 1 aromatic carbocycles. The summed E-state index contributed by atoms with van der Waals surface area (Å²) in [6, 6.07) is 4.88. The predicted molar refractivity (Wildman–Crippen MR) is 68.1 cm³/mol. The van der Waals surface area contributed by atoms with Crippen LogP contribution in [-0.2, 0) is 13.1 Å². The third-order valence-corrected chi connectivity index (χ3v) is 3.10. The fourth-order valence-corrected chi connectivity index (χ4v) is 2.09. The Morgan fingerprint density at radius 2 is 2.18 bits per heavy atom. The molecule has 1 aromatic heterocycles. The molecule has 0 saturated carbocycles. The summed E-state index contributed by atoms with van der Waals surface area (Å²) in [6.45, 7) is 2.76. The number of nitrogens with zero attached hydrogens (tertiary/aromatic N) is 2. The molecule has 2 N–H and O–H groups in total. The summed E-state index contributed by atoms with van der Waals surface area (Å²) in [4.78, 5) is 0. The summed E-state index contributed by atoms with van der Waals surface area (Å²) in [7, 11) is 0. The Morgan fingerprint density at radius 3 is 2.82 bits per heavy atom. The number of halogens is 2. The lowest BCUT2D eigenvalue weighted by Crippen LogP contribution is -2.02. The van der Waals surface area contributed by atoms with Gasteiger partial charge in [-0.25, -0.2) is 4.39 Å². The van der Waals surface area contributed by atoms with E-state index < -0.39 is 0 Å². The van der Waals surface area contributed by atoms with Crippen molar-refractivity contribution in [3.05, 3.63) is 51.5 Å². The van der Waals surface area contributed by atoms with E-state index in [1.807, 2.05) is 13.1 Å². The van der Waals surface area contributed by atoms with Gasteiger partial charge in [0.1, 0.15) is 5.82 Å². The number of hydrogen-bond donors (Lipinski definition) is 1. The van der Waals surface area contributed by atoms with Gasteiger partial charge in [0.05, 0.1) is 12.2 Å². The van der Waals surface area contributed by atoms with Crippen molar-refractivity contribution in [2.24, 2.45) is 5.73 Å².